The van der Waals surface area contributed by atoms with Gasteiger partial charge in [0.1, 0.15) is 11.5 Å². The zero-order valence-corrected chi connectivity index (χ0v) is 16.5. The lowest BCUT2D eigenvalue weighted by Gasteiger charge is -2.30. The lowest BCUT2D eigenvalue weighted by molar-refractivity contribution is -0.150. The molecule has 0 aliphatic heterocycles. The fourth-order valence-corrected chi connectivity index (χ4v) is 3.23. The van der Waals surface area contributed by atoms with Gasteiger partial charge in [0.25, 0.3) is 5.91 Å². The topological polar surface area (TPSA) is 73.9 Å². The van der Waals surface area contributed by atoms with E-state index < -0.39 is 12.1 Å². The standard InChI is InChI=1S/C21H29NO5/c1-14-7-5-6-8-18(14)22-21(24)15(2)27-20(23)12-9-16-13-17(25-3)10-11-19(16)26-4/h9-15,18H,5-8H2,1-4H3,(H,22,24)/b12-9+. The molecule has 0 saturated heterocycles. The van der Waals surface area contributed by atoms with Crippen LogP contribution in [0.4, 0.5) is 0 Å². The molecule has 1 N–H and O–H groups in total. The third-order valence-corrected chi connectivity index (χ3v) is 4.94. The summed E-state index contributed by atoms with van der Waals surface area (Å²) in [6.07, 6.45) is 6.43. The van der Waals surface area contributed by atoms with Gasteiger partial charge >= 0.3 is 5.97 Å². The Bertz CT molecular complexity index is 685. The van der Waals surface area contributed by atoms with Crippen LogP contribution in [-0.2, 0) is 14.3 Å². The fourth-order valence-electron chi connectivity index (χ4n) is 3.23. The van der Waals surface area contributed by atoms with Gasteiger partial charge in [-0.2, -0.15) is 0 Å². The van der Waals surface area contributed by atoms with Crippen LogP contribution in [0.15, 0.2) is 24.3 Å². The molecule has 0 radical (unpaired) electrons. The minimum absolute atomic E-state index is 0.156. The zero-order valence-electron chi connectivity index (χ0n) is 16.5. The van der Waals surface area contributed by atoms with Crippen molar-refractivity contribution < 1.29 is 23.8 Å². The number of nitrogens with one attached hydrogen (secondary N) is 1. The van der Waals surface area contributed by atoms with E-state index in [0.717, 1.165) is 19.3 Å². The summed E-state index contributed by atoms with van der Waals surface area (Å²) in [7, 11) is 3.12. The maximum atomic E-state index is 12.3. The Labute approximate surface area is 160 Å². The summed E-state index contributed by atoms with van der Waals surface area (Å²) >= 11 is 0. The Morgan fingerprint density at radius 2 is 1.93 bits per heavy atom. The Balaban J connectivity index is 1.92. The van der Waals surface area contributed by atoms with Crippen molar-refractivity contribution in [3.63, 3.8) is 0 Å². The number of amides is 1. The highest BCUT2D eigenvalue weighted by Gasteiger charge is 2.25. The maximum Gasteiger partial charge on any atom is 0.331 e. The third-order valence-electron chi connectivity index (χ3n) is 4.94. The Hall–Kier alpha value is -2.50. The third kappa shape index (κ3) is 6.01. The normalized spacial score (nSPS) is 20.7. The summed E-state index contributed by atoms with van der Waals surface area (Å²) in [5.74, 6) is 0.870. The first-order chi connectivity index (χ1) is 12.9. The van der Waals surface area contributed by atoms with Crippen LogP contribution in [0.3, 0.4) is 0 Å². The lowest BCUT2D eigenvalue weighted by Crippen LogP contribution is -2.45. The summed E-state index contributed by atoms with van der Waals surface area (Å²) in [5, 5.41) is 3.00. The molecule has 1 aliphatic carbocycles. The average molecular weight is 375 g/mol. The number of hydrogen-bond acceptors (Lipinski definition) is 5. The molecule has 0 spiro atoms. The highest BCUT2D eigenvalue weighted by molar-refractivity contribution is 5.90. The van der Waals surface area contributed by atoms with Crippen molar-refractivity contribution in [1.29, 1.82) is 0 Å². The van der Waals surface area contributed by atoms with Gasteiger partial charge in [-0.05, 0) is 50.0 Å². The van der Waals surface area contributed by atoms with Gasteiger partial charge in [0, 0.05) is 17.7 Å². The summed E-state index contributed by atoms with van der Waals surface area (Å²) in [6.45, 7) is 3.73. The van der Waals surface area contributed by atoms with E-state index in [2.05, 4.69) is 12.2 Å². The van der Waals surface area contributed by atoms with E-state index >= 15 is 0 Å². The Morgan fingerprint density at radius 1 is 1.19 bits per heavy atom. The van der Waals surface area contributed by atoms with E-state index in [4.69, 9.17) is 14.2 Å². The SMILES string of the molecule is COc1ccc(OC)c(/C=C/C(=O)OC(C)C(=O)NC2CCCCC2C)c1. The number of ether oxygens (including phenoxy) is 3. The summed E-state index contributed by atoms with van der Waals surface area (Å²) < 4.78 is 15.7. The molecule has 0 bridgehead atoms. The molecular weight excluding hydrogens is 346 g/mol. The fraction of sp³-hybridized carbons (Fsp3) is 0.524. The highest BCUT2D eigenvalue weighted by atomic mass is 16.5. The van der Waals surface area contributed by atoms with E-state index in [1.165, 1.54) is 12.5 Å². The number of carbonyl (C=O) groups excluding carboxylic acids is 2. The van der Waals surface area contributed by atoms with Crippen molar-refractivity contribution in [2.45, 2.75) is 51.7 Å². The van der Waals surface area contributed by atoms with Gasteiger partial charge in [0.2, 0.25) is 0 Å². The second-order valence-electron chi connectivity index (χ2n) is 6.90. The molecule has 1 fully saturated rings. The van der Waals surface area contributed by atoms with Crippen LogP contribution < -0.4 is 14.8 Å². The predicted molar refractivity (Wildman–Crippen MR) is 104 cm³/mol. The molecule has 6 heteroatoms. The van der Waals surface area contributed by atoms with Gasteiger partial charge in [-0.1, -0.05) is 19.8 Å². The first-order valence-electron chi connectivity index (χ1n) is 9.35. The summed E-state index contributed by atoms with van der Waals surface area (Å²) in [6, 6.07) is 5.44. The maximum absolute atomic E-state index is 12.3. The van der Waals surface area contributed by atoms with Crippen LogP contribution in [-0.4, -0.2) is 38.2 Å². The van der Waals surface area contributed by atoms with E-state index in [1.807, 2.05) is 0 Å². The molecule has 1 aromatic carbocycles. The first kappa shape index (κ1) is 20.8. The molecule has 3 atom stereocenters. The first-order valence-corrected chi connectivity index (χ1v) is 9.35. The molecule has 6 nitrogen and oxygen atoms in total. The minimum atomic E-state index is -0.844. The van der Waals surface area contributed by atoms with Gasteiger partial charge in [-0.25, -0.2) is 4.79 Å². The zero-order chi connectivity index (χ0) is 19.8. The smallest absolute Gasteiger partial charge is 0.331 e. The van der Waals surface area contributed by atoms with Crippen molar-refractivity contribution in [1.82, 2.24) is 5.32 Å². The summed E-state index contributed by atoms with van der Waals surface area (Å²) in [5.41, 5.74) is 0.682. The van der Waals surface area contributed by atoms with Crippen LogP contribution in [0.25, 0.3) is 6.08 Å². The molecule has 148 valence electrons. The molecule has 27 heavy (non-hydrogen) atoms. The van der Waals surface area contributed by atoms with Gasteiger partial charge in [0.15, 0.2) is 6.10 Å². The monoisotopic (exact) mass is 375 g/mol. The predicted octanol–water partition coefficient (Wildman–Crippen LogP) is 3.34. The van der Waals surface area contributed by atoms with Crippen molar-refractivity contribution in [2.75, 3.05) is 14.2 Å². The number of rotatable bonds is 7. The van der Waals surface area contributed by atoms with Crippen LogP contribution >= 0.6 is 0 Å². The quantitative estimate of drug-likeness (QED) is 0.584. The van der Waals surface area contributed by atoms with Gasteiger partial charge in [-0.3, -0.25) is 4.79 Å². The lowest BCUT2D eigenvalue weighted by atomic mass is 9.86. The average Bonchev–Trinajstić information content (AvgIpc) is 2.67. The highest BCUT2D eigenvalue weighted by Crippen LogP contribution is 2.25. The van der Waals surface area contributed by atoms with Crippen molar-refractivity contribution in [3.8, 4) is 11.5 Å². The van der Waals surface area contributed by atoms with Crippen LogP contribution in [0.1, 0.15) is 45.1 Å². The van der Waals surface area contributed by atoms with E-state index in [0.29, 0.717) is 23.0 Å². The molecular formula is C21H29NO5. The summed E-state index contributed by atoms with van der Waals surface area (Å²) in [4.78, 5) is 24.4. The van der Waals surface area contributed by atoms with Gasteiger partial charge in [-0.15, -0.1) is 0 Å². The molecule has 0 aromatic heterocycles. The molecule has 1 aromatic rings. The van der Waals surface area contributed by atoms with Gasteiger partial charge < -0.3 is 19.5 Å². The molecule has 1 aliphatic rings. The molecule has 0 heterocycles. The molecule has 2 rings (SSSR count). The van der Waals surface area contributed by atoms with Crippen molar-refractivity contribution >= 4 is 18.0 Å². The van der Waals surface area contributed by atoms with E-state index in [1.54, 1.807) is 45.4 Å². The van der Waals surface area contributed by atoms with E-state index in [-0.39, 0.29) is 11.9 Å². The second kappa shape index (κ2) is 10.00. The van der Waals surface area contributed by atoms with Crippen molar-refractivity contribution in [3.05, 3.63) is 29.8 Å². The number of methoxy groups -OCH3 is 2. The minimum Gasteiger partial charge on any atom is -0.497 e. The molecule has 1 saturated carbocycles. The Morgan fingerprint density at radius 3 is 2.59 bits per heavy atom. The number of hydrogen-bond donors (Lipinski definition) is 1. The van der Waals surface area contributed by atoms with Crippen molar-refractivity contribution in [2.24, 2.45) is 5.92 Å². The Kier molecular flexibility index (Phi) is 7.70. The number of esters is 1. The number of benzene rings is 1. The molecule has 3 unspecified atom stereocenters. The van der Waals surface area contributed by atoms with Crippen LogP contribution in [0.2, 0.25) is 0 Å². The van der Waals surface area contributed by atoms with Crippen LogP contribution in [0.5, 0.6) is 11.5 Å². The number of carbonyl (C=O) groups is 2. The van der Waals surface area contributed by atoms with E-state index in [9.17, 15) is 9.59 Å². The van der Waals surface area contributed by atoms with Crippen LogP contribution in [0, 0.1) is 5.92 Å². The largest absolute Gasteiger partial charge is 0.497 e. The molecule has 1 amide bonds. The van der Waals surface area contributed by atoms with Gasteiger partial charge in [0.05, 0.1) is 14.2 Å². The second-order valence-corrected chi connectivity index (χ2v) is 6.90.